The molecule has 2 aliphatic rings. The maximum Gasteiger partial charge on any atom is 0.301 e. The van der Waals surface area contributed by atoms with Crippen LogP contribution >= 0.6 is 11.6 Å². The number of imidazole rings is 1. The van der Waals surface area contributed by atoms with E-state index in [-0.39, 0.29) is 30.9 Å². The van der Waals surface area contributed by atoms with Crippen LogP contribution in [0.4, 0.5) is 4.39 Å². The first-order valence-electron chi connectivity index (χ1n) is 14.6. The predicted octanol–water partition coefficient (Wildman–Crippen LogP) is 5.81. The lowest BCUT2D eigenvalue weighted by Crippen LogP contribution is -2.35. The Bertz CT molecular complexity index is 1830. The zero-order valence-electron chi connectivity index (χ0n) is 25.5. The Morgan fingerprint density at radius 3 is 2.49 bits per heavy atom. The number of pyridine rings is 1. The van der Waals surface area contributed by atoms with E-state index in [1.807, 2.05) is 0 Å². The fourth-order valence-electron chi connectivity index (χ4n) is 5.41. The lowest BCUT2D eigenvalue weighted by Gasteiger charge is -2.19. The van der Waals surface area contributed by atoms with Gasteiger partial charge in [0.15, 0.2) is 11.8 Å². The Balaban J connectivity index is 1.31. The van der Waals surface area contributed by atoms with Crippen LogP contribution in [0.1, 0.15) is 0 Å². The summed E-state index contributed by atoms with van der Waals surface area (Å²) in [7, 11) is -4.35. The average molecular weight is 675 g/mol. The quantitative estimate of drug-likeness (QED) is 0.159. The van der Waals surface area contributed by atoms with Crippen LogP contribution in [0.25, 0.3) is 33.5 Å². The smallest absolute Gasteiger partial charge is 0.301 e. The van der Waals surface area contributed by atoms with E-state index in [0.29, 0.717) is 45.2 Å². The minimum Gasteiger partial charge on any atom is -0.456 e. The normalized spacial score (nSPS) is 22.9. The van der Waals surface area contributed by atoms with E-state index in [1.165, 1.54) is 18.4 Å². The highest BCUT2D eigenvalue weighted by molar-refractivity contribution is 7.91. The Kier molecular flexibility index (Phi) is 8.80. The van der Waals surface area contributed by atoms with Gasteiger partial charge in [0, 0.05) is 37.0 Å². The van der Waals surface area contributed by atoms with Gasteiger partial charge in [0.2, 0.25) is 0 Å². The number of nitrogens with one attached hydrogen (secondary N) is 1. The fourth-order valence-corrected chi connectivity index (χ4v) is 7.08. The van der Waals surface area contributed by atoms with Crippen LogP contribution in [0.15, 0.2) is 53.4 Å². The second-order valence-electron chi connectivity index (χ2n) is 12.7. The number of hydrogen-bond donors (Lipinski definition) is 2. The molecule has 0 amide bonds. The van der Waals surface area contributed by atoms with Gasteiger partial charge in [0.1, 0.15) is 36.4 Å². The van der Waals surface area contributed by atoms with Gasteiger partial charge >= 0.3 is 6.01 Å². The minimum atomic E-state index is -3.03. The van der Waals surface area contributed by atoms with E-state index in [9.17, 15) is 13.7 Å². The summed E-state index contributed by atoms with van der Waals surface area (Å²) in [5, 5.41) is 10.5. The van der Waals surface area contributed by atoms with Crippen LogP contribution in [0, 0.1) is 10.6 Å². The molecular formula is C31H36ClFN4O6SSi. The molecule has 10 nitrogen and oxygen atoms in total. The van der Waals surface area contributed by atoms with Gasteiger partial charge in [0.25, 0.3) is 0 Å². The topological polar surface area (TPSA) is 129 Å². The molecule has 6 rings (SSSR count). The van der Waals surface area contributed by atoms with Crippen molar-refractivity contribution >= 4 is 40.6 Å². The molecule has 0 bridgehead atoms. The molecule has 0 saturated carbocycles. The molecule has 2 aromatic carbocycles. The standard InChI is InChI=1S/C31H36ClFN4O6SSi/c1-44(34,39)20-9-10-21(23(33)13-20)18-5-7-19(8-6-18)27-22(32)14-24-30(36-27)37(17-40-11-12-45(2,3)4)31(35-24)43-26-16-42-28-25(38)15-41-29(26)28/h5-10,13-14,25-26,28-29,34,38H,11-12,15-17H2,1-4H3/t25-,26-,28-,29-,44?/m1/s1. The zero-order chi connectivity index (χ0) is 32.1. The second kappa shape index (κ2) is 12.4. The molecule has 2 fully saturated rings. The Morgan fingerprint density at radius 1 is 1.09 bits per heavy atom. The highest BCUT2D eigenvalue weighted by Gasteiger charge is 2.49. The van der Waals surface area contributed by atoms with Crippen molar-refractivity contribution in [3.8, 4) is 28.4 Å². The number of halogens is 2. The summed E-state index contributed by atoms with van der Waals surface area (Å²) in [5.41, 5.74) is 3.20. The summed E-state index contributed by atoms with van der Waals surface area (Å²) in [6.07, 6.45) is -0.758. The van der Waals surface area contributed by atoms with Crippen LogP contribution in [0.2, 0.25) is 30.7 Å². The number of nitrogens with zero attached hydrogens (tertiary/aromatic N) is 3. The number of benzene rings is 2. The van der Waals surface area contributed by atoms with Gasteiger partial charge in [-0.05, 0) is 29.8 Å². The highest BCUT2D eigenvalue weighted by Crippen LogP contribution is 2.35. The third kappa shape index (κ3) is 6.80. The summed E-state index contributed by atoms with van der Waals surface area (Å²) >= 11 is 6.73. The van der Waals surface area contributed by atoms with E-state index in [0.717, 1.165) is 12.1 Å². The molecule has 0 aliphatic carbocycles. The van der Waals surface area contributed by atoms with Crippen molar-refractivity contribution in [2.24, 2.45) is 0 Å². The highest BCUT2D eigenvalue weighted by atomic mass is 35.5. The van der Waals surface area contributed by atoms with Crippen LogP contribution in [0.3, 0.4) is 0 Å². The number of aliphatic hydroxyl groups is 1. The first-order valence-corrected chi connectivity index (χ1v) is 20.7. The van der Waals surface area contributed by atoms with E-state index < -0.39 is 48.0 Å². The zero-order valence-corrected chi connectivity index (χ0v) is 28.0. The Labute approximate surface area is 267 Å². The molecule has 1 unspecified atom stereocenters. The monoisotopic (exact) mass is 674 g/mol. The van der Waals surface area contributed by atoms with E-state index in [2.05, 4.69) is 19.6 Å². The van der Waals surface area contributed by atoms with Crippen molar-refractivity contribution in [2.75, 3.05) is 26.1 Å². The van der Waals surface area contributed by atoms with E-state index in [1.54, 1.807) is 34.9 Å². The predicted molar refractivity (Wildman–Crippen MR) is 172 cm³/mol. The van der Waals surface area contributed by atoms with Crippen molar-refractivity contribution in [1.29, 1.82) is 4.78 Å². The van der Waals surface area contributed by atoms with Gasteiger partial charge in [-0.2, -0.15) is 4.98 Å². The molecule has 4 aromatic rings. The summed E-state index contributed by atoms with van der Waals surface area (Å²) in [5.74, 6) is -0.554. The molecule has 4 heterocycles. The molecule has 5 atom stereocenters. The van der Waals surface area contributed by atoms with Gasteiger partial charge in [-0.1, -0.05) is 61.6 Å². The molecule has 2 N–H and O–H groups in total. The van der Waals surface area contributed by atoms with Crippen molar-refractivity contribution in [2.45, 2.75) is 61.7 Å². The SMILES string of the molecule is C[Si](C)(C)CCOCn1c(O[C@@H]2CO[C@H]3[C@@H]2OC[C@H]3O)nc2cc(Cl)c(-c3ccc(-c4ccc(S(C)(=N)=O)cc4F)cc3)nc21. The van der Waals surface area contributed by atoms with Crippen molar-refractivity contribution < 1.29 is 32.7 Å². The van der Waals surface area contributed by atoms with E-state index >= 15 is 0 Å². The molecule has 2 aliphatic heterocycles. The summed E-state index contributed by atoms with van der Waals surface area (Å²) < 4.78 is 60.3. The third-order valence-corrected chi connectivity index (χ3v) is 11.1. The molecule has 45 heavy (non-hydrogen) atoms. The van der Waals surface area contributed by atoms with Crippen LogP contribution in [-0.2, 0) is 30.7 Å². The summed E-state index contributed by atoms with van der Waals surface area (Å²) in [6, 6.07) is 14.3. The average Bonchev–Trinajstić information content (AvgIpc) is 3.64. The number of aliphatic hydroxyl groups excluding tert-OH is 1. The molecule has 2 saturated heterocycles. The molecule has 0 radical (unpaired) electrons. The minimum absolute atomic E-state index is 0.141. The molecule has 240 valence electrons. The lowest BCUT2D eigenvalue weighted by molar-refractivity contribution is 0.00336. The number of rotatable bonds is 10. The summed E-state index contributed by atoms with van der Waals surface area (Å²) in [4.78, 5) is 9.73. The largest absolute Gasteiger partial charge is 0.456 e. The Morgan fingerprint density at radius 2 is 1.80 bits per heavy atom. The van der Waals surface area contributed by atoms with Gasteiger partial charge in [-0.3, -0.25) is 4.57 Å². The van der Waals surface area contributed by atoms with Crippen LogP contribution in [-0.4, -0.2) is 82.4 Å². The Hall–Kier alpha value is -2.91. The number of fused-ring (bicyclic) bond motifs is 2. The van der Waals surface area contributed by atoms with Crippen molar-refractivity contribution in [3.05, 3.63) is 59.4 Å². The van der Waals surface area contributed by atoms with Gasteiger partial charge in [-0.25, -0.2) is 18.4 Å². The maximum absolute atomic E-state index is 14.9. The molecule has 2 aromatic heterocycles. The number of aromatic nitrogens is 3. The van der Waals surface area contributed by atoms with Crippen LogP contribution < -0.4 is 4.74 Å². The van der Waals surface area contributed by atoms with Gasteiger partial charge in [-0.15, -0.1) is 0 Å². The third-order valence-electron chi connectivity index (χ3n) is 7.95. The molecular weight excluding hydrogens is 639 g/mol. The fraction of sp³-hybridized carbons (Fsp3) is 0.419. The second-order valence-corrected chi connectivity index (χ2v) is 20.9. The molecule has 14 heteroatoms. The van der Waals surface area contributed by atoms with Crippen molar-refractivity contribution in [1.82, 2.24) is 14.5 Å². The van der Waals surface area contributed by atoms with Crippen molar-refractivity contribution in [3.63, 3.8) is 0 Å². The first-order chi connectivity index (χ1) is 21.3. The lowest BCUT2D eigenvalue weighted by atomic mass is 10.0. The van der Waals surface area contributed by atoms with E-state index in [4.69, 9.17) is 45.3 Å². The first kappa shape index (κ1) is 32.0. The number of hydrogen-bond acceptors (Lipinski definition) is 9. The van der Waals surface area contributed by atoms with Gasteiger partial charge in [0.05, 0.1) is 33.7 Å². The maximum atomic E-state index is 14.9. The van der Waals surface area contributed by atoms with Gasteiger partial charge < -0.3 is 24.1 Å². The molecule has 0 spiro atoms. The van der Waals surface area contributed by atoms with Crippen LogP contribution in [0.5, 0.6) is 6.01 Å². The summed E-state index contributed by atoms with van der Waals surface area (Å²) in [6.45, 7) is 8.04. The number of ether oxygens (including phenoxy) is 4.